The number of pyridine rings is 1. The normalized spacial score (nSPS) is 17.5. The van der Waals surface area contributed by atoms with Crippen molar-refractivity contribution in [2.75, 3.05) is 18.0 Å². The van der Waals surface area contributed by atoms with Crippen LogP contribution in [0, 0.1) is 5.82 Å². The van der Waals surface area contributed by atoms with E-state index in [4.69, 9.17) is 9.47 Å². The largest absolute Gasteiger partial charge is 0.457 e. The Kier molecular flexibility index (Phi) is 6.81. The second-order valence-electron chi connectivity index (χ2n) is 10.8. The van der Waals surface area contributed by atoms with Gasteiger partial charge in [0.1, 0.15) is 23.4 Å². The molecule has 1 saturated heterocycles. The fraction of sp³-hybridized carbons (Fsp3) is 0.429. The van der Waals surface area contributed by atoms with Crippen LogP contribution in [-0.2, 0) is 16.1 Å². The maximum atomic E-state index is 15.3. The molecule has 1 atom stereocenters. The van der Waals surface area contributed by atoms with Crippen molar-refractivity contribution in [1.29, 1.82) is 0 Å². The minimum Gasteiger partial charge on any atom is -0.457 e. The molecule has 1 amide bonds. The maximum absolute atomic E-state index is 15.3. The fourth-order valence-corrected chi connectivity index (χ4v) is 4.62. The molecular weight excluding hydrogens is 491 g/mol. The highest BCUT2D eigenvalue weighted by atomic mass is 19.1. The van der Waals surface area contributed by atoms with Gasteiger partial charge in [-0.1, -0.05) is 30.3 Å². The fourth-order valence-electron chi connectivity index (χ4n) is 4.62. The zero-order chi connectivity index (χ0) is 27.0. The number of fused-ring (bicyclic) bond motifs is 1. The summed E-state index contributed by atoms with van der Waals surface area (Å²) in [5.74, 6) is -1.19. The molecule has 2 aromatic heterocycles. The molecule has 1 aromatic carbocycles. The second kappa shape index (κ2) is 10.1. The highest BCUT2D eigenvalue weighted by molar-refractivity contribution is 5.90. The second-order valence-corrected chi connectivity index (χ2v) is 10.8. The number of carbonyl (C=O) groups excluding carboxylic acids is 2. The molecule has 0 radical (unpaired) electrons. The van der Waals surface area contributed by atoms with E-state index in [0.29, 0.717) is 25.2 Å². The lowest BCUT2D eigenvalue weighted by Gasteiger charge is -2.22. The van der Waals surface area contributed by atoms with Gasteiger partial charge in [-0.3, -0.25) is 9.20 Å². The number of hydrogen-bond donors (Lipinski definition) is 1. The number of rotatable bonds is 6. The van der Waals surface area contributed by atoms with Crippen molar-refractivity contribution >= 4 is 23.5 Å². The van der Waals surface area contributed by atoms with E-state index in [0.717, 1.165) is 34.6 Å². The summed E-state index contributed by atoms with van der Waals surface area (Å²) in [5.41, 5.74) is 0.417. The molecular formula is C28H31FN4O5. The number of hydrogen-bond acceptors (Lipinski definition) is 7. The van der Waals surface area contributed by atoms with E-state index in [9.17, 15) is 14.4 Å². The number of halogens is 1. The molecule has 200 valence electrons. The average molecular weight is 523 g/mol. The Bertz CT molecular complexity index is 1430. The number of ether oxygens (including phenoxy) is 2. The Morgan fingerprint density at radius 1 is 1.16 bits per heavy atom. The van der Waals surface area contributed by atoms with Gasteiger partial charge in [0.2, 0.25) is 0 Å². The van der Waals surface area contributed by atoms with Gasteiger partial charge >= 0.3 is 12.1 Å². The van der Waals surface area contributed by atoms with Gasteiger partial charge < -0.3 is 19.7 Å². The molecule has 5 rings (SSSR count). The summed E-state index contributed by atoms with van der Waals surface area (Å²) >= 11 is 0. The summed E-state index contributed by atoms with van der Waals surface area (Å²) in [4.78, 5) is 44.6. The summed E-state index contributed by atoms with van der Waals surface area (Å²) < 4.78 is 27.1. The Morgan fingerprint density at radius 2 is 1.89 bits per heavy atom. The van der Waals surface area contributed by atoms with Gasteiger partial charge in [-0.2, -0.15) is 0 Å². The highest BCUT2D eigenvalue weighted by Gasteiger charge is 2.32. The molecule has 2 fully saturated rings. The van der Waals surface area contributed by atoms with E-state index < -0.39 is 29.0 Å². The Morgan fingerprint density at radius 3 is 2.58 bits per heavy atom. The first-order valence-corrected chi connectivity index (χ1v) is 12.8. The van der Waals surface area contributed by atoms with Crippen LogP contribution in [0.1, 0.15) is 67.4 Å². The first-order chi connectivity index (χ1) is 18.1. The van der Waals surface area contributed by atoms with Crippen molar-refractivity contribution in [1.82, 2.24) is 14.7 Å². The van der Waals surface area contributed by atoms with Crippen LogP contribution in [0.25, 0.3) is 5.65 Å². The smallest absolute Gasteiger partial charge is 0.407 e. The van der Waals surface area contributed by atoms with Crippen LogP contribution < -0.4 is 15.8 Å². The molecule has 1 saturated carbocycles. The molecule has 0 spiro atoms. The summed E-state index contributed by atoms with van der Waals surface area (Å²) in [6, 6.07) is 10.5. The number of nitrogens with one attached hydrogen (secondary N) is 1. The first kappa shape index (κ1) is 25.7. The lowest BCUT2D eigenvalue weighted by atomic mass is 10.1. The number of benzene rings is 1. The summed E-state index contributed by atoms with van der Waals surface area (Å²) in [6.45, 7) is 6.22. The average Bonchev–Trinajstić information content (AvgIpc) is 3.60. The number of alkyl carbamates (subject to hydrolysis) is 1. The van der Waals surface area contributed by atoms with Crippen LogP contribution >= 0.6 is 0 Å². The molecule has 10 heteroatoms. The number of esters is 1. The first-order valence-electron chi connectivity index (χ1n) is 12.8. The van der Waals surface area contributed by atoms with Gasteiger partial charge in [0.05, 0.1) is 12.2 Å². The van der Waals surface area contributed by atoms with Crippen molar-refractivity contribution in [3.63, 3.8) is 0 Å². The summed E-state index contributed by atoms with van der Waals surface area (Å²) in [6.07, 6.45) is 2.96. The predicted molar refractivity (Wildman–Crippen MR) is 139 cm³/mol. The van der Waals surface area contributed by atoms with E-state index >= 15 is 4.39 Å². The molecule has 1 aliphatic carbocycles. The van der Waals surface area contributed by atoms with Gasteiger partial charge in [-0.15, -0.1) is 0 Å². The summed E-state index contributed by atoms with van der Waals surface area (Å²) in [7, 11) is 0. The minimum atomic E-state index is -0.754. The molecule has 3 heterocycles. The zero-order valence-electron chi connectivity index (χ0n) is 21.7. The van der Waals surface area contributed by atoms with Crippen molar-refractivity contribution in [3.05, 3.63) is 75.5 Å². The molecule has 9 nitrogen and oxygen atoms in total. The van der Waals surface area contributed by atoms with Gasteiger partial charge in [-0.05, 0) is 63.1 Å². The van der Waals surface area contributed by atoms with E-state index in [1.165, 1.54) is 0 Å². The Labute approximate surface area is 219 Å². The van der Waals surface area contributed by atoms with Crippen molar-refractivity contribution < 1.29 is 23.5 Å². The van der Waals surface area contributed by atoms with E-state index in [1.54, 1.807) is 31.7 Å². The van der Waals surface area contributed by atoms with Crippen LogP contribution in [0.3, 0.4) is 0 Å². The number of nitrogens with zero attached hydrogens (tertiary/aromatic N) is 3. The molecule has 0 bridgehead atoms. The van der Waals surface area contributed by atoms with Crippen molar-refractivity contribution in [2.45, 2.75) is 64.2 Å². The SMILES string of the molecule is CC(C)(C)OC(=O)NC1CCN(c2nc3c(C4CC4)cc(C(=O)OCc4ccccc4)c(=O)n3cc2F)C1. The van der Waals surface area contributed by atoms with Gasteiger partial charge in [-0.25, -0.2) is 19.0 Å². The van der Waals surface area contributed by atoms with Crippen LogP contribution in [0.2, 0.25) is 0 Å². The zero-order valence-corrected chi connectivity index (χ0v) is 21.7. The third-order valence-electron chi connectivity index (χ3n) is 6.56. The van der Waals surface area contributed by atoms with Crippen LogP contribution in [-0.4, -0.2) is 46.2 Å². The Balaban J connectivity index is 1.40. The van der Waals surface area contributed by atoms with Gasteiger partial charge in [0, 0.05) is 13.1 Å². The third kappa shape index (κ3) is 5.64. The molecule has 2 aliphatic rings. The molecule has 1 unspecified atom stereocenters. The predicted octanol–water partition coefficient (Wildman–Crippen LogP) is 4.17. The number of anilines is 1. The van der Waals surface area contributed by atoms with Crippen molar-refractivity contribution in [3.8, 4) is 0 Å². The monoisotopic (exact) mass is 522 g/mol. The van der Waals surface area contributed by atoms with E-state index in [1.807, 2.05) is 30.3 Å². The van der Waals surface area contributed by atoms with Crippen molar-refractivity contribution in [2.24, 2.45) is 0 Å². The topological polar surface area (TPSA) is 102 Å². The van der Waals surface area contributed by atoms with Crippen LogP contribution in [0.15, 0.2) is 47.4 Å². The molecule has 1 aliphatic heterocycles. The Hall–Kier alpha value is -3.95. The maximum Gasteiger partial charge on any atom is 0.407 e. The highest BCUT2D eigenvalue weighted by Crippen LogP contribution is 2.42. The minimum absolute atomic E-state index is 0.0274. The molecule has 38 heavy (non-hydrogen) atoms. The summed E-state index contributed by atoms with van der Waals surface area (Å²) in [5, 5.41) is 2.82. The quantitative estimate of drug-likeness (QED) is 0.485. The van der Waals surface area contributed by atoms with Gasteiger partial charge in [0.15, 0.2) is 11.6 Å². The molecule has 1 N–H and O–H groups in total. The number of aromatic nitrogens is 2. The third-order valence-corrected chi connectivity index (χ3v) is 6.56. The van der Waals surface area contributed by atoms with Gasteiger partial charge in [0.25, 0.3) is 5.56 Å². The lowest BCUT2D eigenvalue weighted by Crippen LogP contribution is -2.40. The van der Waals surface area contributed by atoms with E-state index in [-0.39, 0.29) is 29.9 Å². The standard InChI is InChI=1S/C28H31FN4O5/c1-28(2,3)38-27(36)30-19-11-12-32(14-19)24-22(29)15-33-23(31-24)20(18-9-10-18)13-21(25(33)34)26(35)37-16-17-7-5-4-6-8-17/h4-8,13,15,18-19H,9-12,14,16H2,1-3H3,(H,30,36). The van der Waals surface area contributed by atoms with E-state index in [2.05, 4.69) is 10.3 Å². The number of carbonyl (C=O) groups is 2. The molecule has 3 aromatic rings. The van der Waals surface area contributed by atoms with Crippen LogP contribution in [0.4, 0.5) is 15.0 Å². The van der Waals surface area contributed by atoms with Crippen LogP contribution in [0.5, 0.6) is 0 Å². The lowest BCUT2D eigenvalue weighted by molar-refractivity contribution is 0.0467. The number of amides is 1.